The van der Waals surface area contributed by atoms with Crippen LogP contribution in [0.4, 0.5) is 5.13 Å². The van der Waals surface area contributed by atoms with Crippen molar-refractivity contribution in [1.29, 1.82) is 0 Å². The second-order valence-electron chi connectivity index (χ2n) is 8.68. The lowest BCUT2D eigenvalue weighted by Gasteiger charge is -2.12. The lowest BCUT2D eigenvalue weighted by molar-refractivity contribution is 0.102. The molecular formula is C30H27N3O2S. The molecule has 5 rings (SSSR count). The maximum Gasteiger partial charge on any atom is 0.258 e. The number of hydrogen-bond acceptors (Lipinski definition) is 5. The Morgan fingerprint density at radius 1 is 0.917 bits per heavy atom. The molecule has 3 aromatic carbocycles. The van der Waals surface area contributed by atoms with E-state index in [-0.39, 0.29) is 5.91 Å². The van der Waals surface area contributed by atoms with E-state index in [9.17, 15) is 4.79 Å². The molecule has 5 aromatic rings. The molecule has 0 unspecified atom stereocenters. The number of nitrogens with zero attached hydrogens (tertiary/aromatic N) is 2. The summed E-state index contributed by atoms with van der Waals surface area (Å²) >= 11 is 1.48. The summed E-state index contributed by atoms with van der Waals surface area (Å²) in [7, 11) is 0. The number of carbonyl (C=O) groups excluding carboxylic acids is 1. The van der Waals surface area contributed by atoms with Crippen LogP contribution in [0.3, 0.4) is 0 Å². The van der Waals surface area contributed by atoms with E-state index >= 15 is 0 Å². The zero-order valence-electron chi connectivity index (χ0n) is 20.8. The van der Waals surface area contributed by atoms with Crippen molar-refractivity contribution in [2.75, 3.05) is 11.9 Å². The number of anilines is 1. The van der Waals surface area contributed by atoms with Gasteiger partial charge in [-0.25, -0.2) is 9.97 Å². The third kappa shape index (κ3) is 4.60. The summed E-state index contributed by atoms with van der Waals surface area (Å²) in [5, 5.41) is 4.39. The molecule has 0 saturated heterocycles. The van der Waals surface area contributed by atoms with E-state index < -0.39 is 0 Å². The largest absolute Gasteiger partial charge is 0.493 e. The van der Waals surface area contributed by atoms with Crippen molar-refractivity contribution in [2.24, 2.45) is 0 Å². The number of hydrogen-bond donors (Lipinski definition) is 1. The van der Waals surface area contributed by atoms with E-state index in [1.54, 1.807) is 0 Å². The molecule has 0 bridgehead atoms. The van der Waals surface area contributed by atoms with Crippen molar-refractivity contribution < 1.29 is 9.53 Å². The number of pyridine rings is 1. The first kappa shape index (κ1) is 23.7. The van der Waals surface area contributed by atoms with Crippen LogP contribution in [-0.4, -0.2) is 22.5 Å². The molecule has 0 spiro atoms. The number of carbonyl (C=O) groups is 1. The quantitative estimate of drug-likeness (QED) is 0.264. The predicted molar refractivity (Wildman–Crippen MR) is 148 cm³/mol. The van der Waals surface area contributed by atoms with E-state index in [0.29, 0.717) is 23.0 Å². The minimum absolute atomic E-state index is 0.218. The number of thiazole rings is 1. The monoisotopic (exact) mass is 493 g/mol. The van der Waals surface area contributed by atoms with Gasteiger partial charge in [-0.3, -0.25) is 10.1 Å². The summed E-state index contributed by atoms with van der Waals surface area (Å²) in [4.78, 5) is 24.2. The predicted octanol–water partition coefficient (Wildman–Crippen LogP) is 7.60. The van der Waals surface area contributed by atoms with Crippen LogP contribution in [0, 0.1) is 20.8 Å². The van der Waals surface area contributed by atoms with Crippen molar-refractivity contribution >= 4 is 33.3 Å². The van der Waals surface area contributed by atoms with Gasteiger partial charge in [0.1, 0.15) is 5.75 Å². The minimum atomic E-state index is -0.218. The third-order valence-electron chi connectivity index (χ3n) is 6.22. The summed E-state index contributed by atoms with van der Waals surface area (Å²) in [6.07, 6.45) is 0. The summed E-state index contributed by atoms with van der Waals surface area (Å²) in [5.41, 5.74) is 7.23. The highest BCUT2D eigenvalue weighted by Crippen LogP contribution is 2.34. The summed E-state index contributed by atoms with van der Waals surface area (Å²) in [6, 6.07) is 23.6. The first-order chi connectivity index (χ1) is 17.4. The molecule has 0 aliphatic heterocycles. The normalized spacial score (nSPS) is 11.0. The molecule has 0 fully saturated rings. The Morgan fingerprint density at radius 2 is 1.69 bits per heavy atom. The molecule has 0 saturated carbocycles. The number of benzene rings is 3. The highest BCUT2D eigenvalue weighted by atomic mass is 32.1. The van der Waals surface area contributed by atoms with Crippen molar-refractivity contribution in [3.05, 3.63) is 94.4 Å². The average molecular weight is 494 g/mol. The number of aromatic nitrogens is 2. The van der Waals surface area contributed by atoms with Gasteiger partial charge >= 0.3 is 0 Å². The molecule has 2 aromatic heterocycles. The smallest absolute Gasteiger partial charge is 0.258 e. The lowest BCUT2D eigenvalue weighted by Crippen LogP contribution is -2.13. The number of rotatable bonds is 6. The number of nitrogens with one attached hydrogen (secondary N) is 1. The Morgan fingerprint density at radius 3 is 2.50 bits per heavy atom. The van der Waals surface area contributed by atoms with Crippen LogP contribution in [-0.2, 0) is 0 Å². The fourth-order valence-corrected chi connectivity index (χ4v) is 5.06. The highest BCUT2D eigenvalue weighted by Gasteiger charge is 2.18. The Hall–Kier alpha value is -4.03. The van der Waals surface area contributed by atoms with Crippen molar-refractivity contribution in [1.82, 2.24) is 9.97 Å². The Bertz CT molecular complexity index is 1590. The number of ether oxygens (including phenoxy) is 1. The lowest BCUT2D eigenvalue weighted by atomic mass is 10.0. The number of fused-ring (bicyclic) bond motifs is 1. The Kier molecular flexibility index (Phi) is 6.53. The average Bonchev–Trinajstić information content (AvgIpc) is 3.25. The molecule has 0 aliphatic carbocycles. The molecule has 180 valence electrons. The van der Waals surface area contributed by atoms with E-state index in [4.69, 9.17) is 14.7 Å². The van der Waals surface area contributed by atoms with Gasteiger partial charge in [0.25, 0.3) is 5.91 Å². The van der Waals surface area contributed by atoms with Crippen molar-refractivity contribution in [2.45, 2.75) is 27.7 Å². The first-order valence-corrected chi connectivity index (χ1v) is 12.7. The highest BCUT2D eigenvalue weighted by molar-refractivity contribution is 7.16. The topological polar surface area (TPSA) is 64.1 Å². The van der Waals surface area contributed by atoms with Crippen LogP contribution in [0.25, 0.3) is 33.4 Å². The van der Waals surface area contributed by atoms with Crippen LogP contribution in [0.1, 0.15) is 33.3 Å². The molecular weight excluding hydrogens is 466 g/mol. The van der Waals surface area contributed by atoms with Gasteiger partial charge in [0.2, 0.25) is 0 Å². The van der Waals surface area contributed by atoms with Gasteiger partial charge in [-0.2, -0.15) is 0 Å². The Balaban J connectivity index is 1.53. The van der Waals surface area contributed by atoms with Crippen LogP contribution in [0.5, 0.6) is 5.75 Å². The third-order valence-corrected chi connectivity index (χ3v) is 7.11. The van der Waals surface area contributed by atoms with Gasteiger partial charge in [-0.15, -0.1) is 11.3 Å². The fraction of sp³-hybridized carbons (Fsp3) is 0.167. The SMILES string of the molecule is CCOc1ccccc1-c1cc(C(=O)Nc2nc(-c3ccc(C)c(C)c3)c(C)s2)c2ccccc2n1. The van der Waals surface area contributed by atoms with Gasteiger partial charge < -0.3 is 4.74 Å². The molecule has 2 heterocycles. The number of para-hydroxylation sites is 2. The van der Waals surface area contributed by atoms with Crippen LogP contribution in [0.15, 0.2) is 72.8 Å². The van der Waals surface area contributed by atoms with Crippen LogP contribution in [0.2, 0.25) is 0 Å². The van der Waals surface area contributed by atoms with Gasteiger partial charge in [0.15, 0.2) is 5.13 Å². The fourth-order valence-electron chi connectivity index (χ4n) is 4.23. The first-order valence-electron chi connectivity index (χ1n) is 11.9. The van der Waals surface area contributed by atoms with E-state index in [2.05, 4.69) is 37.4 Å². The van der Waals surface area contributed by atoms with E-state index in [0.717, 1.165) is 38.4 Å². The maximum absolute atomic E-state index is 13.6. The van der Waals surface area contributed by atoms with Crippen LogP contribution >= 0.6 is 11.3 Å². The molecule has 1 amide bonds. The van der Waals surface area contributed by atoms with Gasteiger partial charge in [-0.1, -0.05) is 42.5 Å². The number of amides is 1. The summed E-state index contributed by atoms with van der Waals surface area (Å²) in [6.45, 7) is 8.72. The molecule has 0 atom stereocenters. The molecule has 0 radical (unpaired) electrons. The van der Waals surface area contributed by atoms with Gasteiger partial charge in [0, 0.05) is 21.4 Å². The second-order valence-corrected chi connectivity index (χ2v) is 9.88. The molecule has 36 heavy (non-hydrogen) atoms. The number of aryl methyl sites for hydroxylation is 3. The maximum atomic E-state index is 13.6. The Labute approximate surface area is 214 Å². The molecule has 0 aliphatic rings. The molecule has 1 N–H and O–H groups in total. The van der Waals surface area contributed by atoms with E-state index in [1.807, 2.05) is 68.4 Å². The molecule has 6 heteroatoms. The summed E-state index contributed by atoms with van der Waals surface area (Å²) < 4.78 is 5.82. The standard InChI is InChI=1S/C30H27N3O2S/c1-5-35-27-13-9-7-11-23(27)26-17-24(22-10-6-8-12-25(22)31-26)29(34)33-30-32-28(20(4)36-30)21-15-14-18(2)19(3)16-21/h6-17H,5H2,1-4H3,(H,32,33,34). The minimum Gasteiger partial charge on any atom is -0.493 e. The molecule has 5 nitrogen and oxygen atoms in total. The van der Waals surface area contributed by atoms with Crippen molar-refractivity contribution in [3.8, 4) is 28.3 Å². The summed E-state index contributed by atoms with van der Waals surface area (Å²) in [5.74, 6) is 0.520. The van der Waals surface area contributed by atoms with Crippen molar-refractivity contribution in [3.63, 3.8) is 0 Å². The second kappa shape index (κ2) is 9.91. The van der Waals surface area contributed by atoms with Gasteiger partial charge in [0.05, 0.1) is 29.1 Å². The van der Waals surface area contributed by atoms with Gasteiger partial charge in [-0.05, 0) is 69.2 Å². The zero-order valence-corrected chi connectivity index (χ0v) is 21.6. The zero-order chi connectivity index (χ0) is 25.2. The van der Waals surface area contributed by atoms with E-state index in [1.165, 1.54) is 22.5 Å². The van der Waals surface area contributed by atoms with Crippen LogP contribution < -0.4 is 10.1 Å².